The zero-order chi connectivity index (χ0) is 0. The van der Waals surface area contributed by atoms with Gasteiger partial charge in [0.05, 0.1) is 0 Å². The zero-order valence-corrected chi connectivity index (χ0v) is 8.41. The van der Waals surface area contributed by atoms with Crippen molar-refractivity contribution >= 4 is 0 Å². The van der Waals surface area contributed by atoms with E-state index in [0.717, 1.165) is 0 Å². The SMILES string of the molecule is [Co].[Dy].[Dy].[Dy]. The Bertz CT molecular complexity index is 3.25. The van der Waals surface area contributed by atoms with Crippen molar-refractivity contribution in [1.82, 2.24) is 0 Å². The molecule has 0 spiro atoms. The predicted octanol–water partition coefficient (Wildman–Crippen LogP) is -0.00250. The van der Waals surface area contributed by atoms with Gasteiger partial charge < -0.3 is 0 Å². The molecule has 0 aliphatic heterocycles. The molecule has 0 nitrogen and oxygen atoms in total. The van der Waals surface area contributed by atoms with Crippen LogP contribution in [0.1, 0.15) is 0 Å². The van der Waals surface area contributed by atoms with E-state index in [0.29, 0.717) is 0 Å². The summed E-state index contributed by atoms with van der Waals surface area (Å²) < 4.78 is 0. The molecule has 0 aliphatic carbocycles. The van der Waals surface area contributed by atoms with Gasteiger partial charge in [-0.1, -0.05) is 0 Å². The fraction of sp³-hybridized carbons (Fsp3) is 0. The van der Waals surface area contributed by atoms with E-state index in [1.54, 1.807) is 0 Å². The van der Waals surface area contributed by atoms with E-state index in [1.807, 2.05) is 0 Å². The topological polar surface area (TPSA) is 0 Å². The molecule has 0 aliphatic rings. The maximum atomic E-state index is 0. The van der Waals surface area contributed by atoms with Crippen LogP contribution in [0.4, 0.5) is 0 Å². The van der Waals surface area contributed by atoms with Crippen LogP contribution in [0.2, 0.25) is 0 Å². The Labute approximate surface area is 127 Å². The summed E-state index contributed by atoms with van der Waals surface area (Å²) in [5.74, 6) is 0. The summed E-state index contributed by atoms with van der Waals surface area (Å²) in [6.45, 7) is 0. The second-order valence-electron chi connectivity index (χ2n) is 0. The van der Waals surface area contributed by atoms with Crippen LogP contribution in [-0.4, -0.2) is 0 Å². The van der Waals surface area contributed by atoms with Crippen molar-refractivity contribution in [2.75, 3.05) is 0 Å². The van der Waals surface area contributed by atoms with Crippen LogP contribution in [0.15, 0.2) is 0 Å². The first-order valence-electron chi connectivity index (χ1n) is 0. The Hall–Kier alpha value is 4.32. The molecule has 1 radical (unpaired) electrons. The number of hydrogen-bond acceptors (Lipinski definition) is 0. The van der Waals surface area contributed by atoms with E-state index in [1.165, 1.54) is 0 Å². The van der Waals surface area contributed by atoms with Gasteiger partial charge in [-0.25, -0.2) is 0 Å². The molecule has 0 saturated carbocycles. The normalized spacial score (nSPS) is 0. The third kappa shape index (κ3) is 9.59. The van der Waals surface area contributed by atoms with Gasteiger partial charge >= 0.3 is 0 Å². The van der Waals surface area contributed by atoms with E-state index >= 15 is 0 Å². The molecule has 0 N–H and O–H groups in total. The average Bonchev–Trinajstić information content (AvgIpc) is 0. The summed E-state index contributed by atoms with van der Waals surface area (Å²) in [5.41, 5.74) is 0. The Morgan fingerprint density at radius 2 is 0.500 bits per heavy atom. The van der Waals surface area contributed by atoms with Gasteiger partial charge in [-0.15, -0.1) is 0 Å². The molecule has 0 fully saturated rings. The van der Waals surface area contributed by atoms with Crippen LogP contribution in [0.3, 0.4) is 0 Å². The maximum absolute atomic E-state index is 0. The first kappa shape index (κ1) is 23.9. The maximum Gasteiger partial charge on any atom is 0 e. The van der Waals surface area contributed by atoms with Crippen molar-refractivity contribution in [2.24, 2.45) is 0 Å². The first-order valence-corrected chi connectivity index (χ1v) is 0. The monoisotopic (exact) mass is 551 g/mol. The van der Waals surface area contributed by atoms with Gasteiger partial charge in [-0.3, -0.25) is 0 Å². The van der Waals surface area contributed by atoms with Crippen LogP contribution >= 0.6 is 0 Å². The molecule has 39 valence electrons. The summed E-state index contributed by atoms with van der Waals surface area (Å²) in [7, 11) is 0. The largest absolute Gasteiger partial charge is 0 e. The Kier molecular flexibility index (Phi) is 93.5. The van der Waals surface area contributed by atoms with Crippen molar-refractivity contribution in [3.63, 3.8) is 0 Å². The molecular weight excluding hydrogens is 546 g/mol. The summed E-state index contributed by atoms with van der Waals surface area (Å²) >= 11 is 0. The van der Waals surface area contributed by atoms with Gasteiger partial charge in [0.15, 0.2) is 0 Å². The molecule has 0 rings (SSSR count). The van der Waals surface area contributed by atoms with Crippen molar-refractivity contribution in [3.8, 4) is 0 Å². The number of rotatable bonds is 0. The molecule has 0 aromatic carbocycles. The van der Waals surface area contributed by atoms with Gasteiger partial charge in [0.2, 0.25) is 0 Å². The molecule has 4 heteroatoms. The van der Waals surface area contributed by atoms with Gasteiger partial charge in [-0.05, 0) is 0 Å². The van der Waals surface area contributed by atoms with E-state index in [2.05, 4.69) is 0 Å². The van der Waals surface area contributed by atoms with E-state index in [4.69, 9.17) is 0 Å². The predicted molar refractivity (Wildman–Crippen MR) is 0 cm³/mol. The summed E-state index contributed by atoms with van der Waals surface area (Å²) in [4.78, 5) is 0. The van der Waals surface area contributed by atoms with Crippen molar-refractivity contribution in [1.29, 1.82) is 0 Å². The summed E-state index contributed by atoms with van der Waals surface area (Å²) in [6, 6.07) is 0. The molecule has 0 aromatic rings. The van der Waals surface area contributed by atoms with Crippen LogP contribution in [0.25, 0.3) is 0 Å². The second-order valence-corrected chi connectivity index (χ2v) is 0. The molecule has 0 heterocycles. The van der Waals surface area contributed by atoms with Crippen molar-refractivity contribution in [3.05, 3.63) is 0 Å². The molecule has 0 amide bonds. The van der Waals surface area contributed by atoms with Gasteiger partial charge in [0, 0.05) is 131 Å². The Morgan fingerprint density at radius 3 is 0.500 bits per heavy atom. The van der Waals surface area contributed by atoms with Crippen LogP contribution in [0.5, 0.6) is 0 Å². The fourth-order valence-electron chi connectivity index (χ4n) is 0. The van der Waals surface area contributed by atoms with E-state index in [9.17, 15) is 0 Å². The summed E-state index contributed by atoms with van der Waals surface area (Å²) in [5, 5.41) is 0. The van der Waals surface area contributed by atoms with Crippen molar-refractivity contribution < 1.29 is 131 Å². The summed E-state index contributed by atoms with van der Waals surface area (Å²) in [6.07, 6.45) is 0. The Balaban J connectivity index is 0. The van der Waals surface area contributed by atoms with Crippen LogP contribution in [-0.2, 0) is 16.8 Å². The van der Waals surface area contributed by atoms with Gasteiger partial charge in [0.1, 0.15) is 0 Å². The smallest absolute Gasteiger partial charge is 0 e. The first-order chi connectivity index (χ1) is 0. The van der Waals surface area contributed by atoms with Gasteiger partial charge in [-0.2, -0.15) is 0 Å². The molecule has 0 bridgehead atoms. The quantitative estimate of drug-likeness (QED) is 0.402. The van der Waals surface area contributed by atoms with Crippen LogP contribution in [0, 0.1) is 115 Å². The molecule has 0 aromatic heterocycles. The third-order valence-corrected chi connectivity index (χ3v) is 0. The van der Waals surface area contributed by atoms with Crippen molar-refractivity contribution in [2.45, 2.75) is 0 Å². The average molecular weight is 546 g/mol. The van der Waals surface area contributed by atoms with E-state index < -0.39 is 0 Å². The molecule has 0 unspecified atom stereocenters. The molecule has 0 saturated heterocycles. The molecular formula is CoDy3. The minimum absolute atomic E-state index is 0. The third-order valence-electron chi connectivity index (χ3n) is 0. The minimum atomic E-state index is 0. The molecule has 4 heavy (non-hydrogen) atoms. The van der Waals surface area contributed by atoms with Crippen LogP contribution < -0.4 is 0 Å². The number of hydrogen-bond donors (Lipinski definition) is 0. The zero-order valence-electron chi connectivity index (χ0n) is 1.28. The second kappa shape index (κ2) is 15.7. The molecule has 0 atom stereocenters. The Morgan fingerprint density at radius 1 is 0.500 bits per heavy atom. The standard InChI is InChI=1S/Co.3Dy. The van der Waals surface area contributed by atoms with Gasteiger partial charge in [0.25, 0.3) is 0 Å². The fourth-order valence-corrected chi connectivity index (χ4v) is 0. The minimum Gasteiger partial charge on any atom is 0 e. The van der Waals surface area contributed by atoms with E-state index in [-0.39, 0.29) is 131 Å².